The lowest BCUT2D eigenvalue weighted by Gasteiger charge is -2.15. The highest BCUT2D eigenvalue weighted by molar-refractivity contribution is 5.79. The first kappa shape index (κ1) is 18.3. The van der Waals surface area contributed by atoms with Crippen molar-refractivity contribution in [2.45, 2.75) is 52.5 Å². The van der Waals surface area contributed by atoms with Gasteiger partial charge in [-0.25, -0.2) is 0 Å². The van der Waals surface area contributed by atoms with Gasteiger partial charge in [-0.1, -0.05) is 32.8 Å². The van der Waals surface area contributed by atoms with Gasteiger partial charge in [0.2, 0.25) is 5.91 Å². The number of amides is 1. The van der Waals surface area contributed by atoms with Crippen LogP contribution in [-0.4, -0.2) is 26.2 Å². The molecule has 0 aliphatic rings. The molecule has 0 unspecified atom stereocenters. The second-order valence-electron chi connectivity index (χ2n) is 6.16. The third-order valence-electron chi connectivity index (χ3n) is 3.64. The van der Waals surface area contributed by atoms with Gasteiger partial charge in [0.05, 0.1) is 20.6 Å². The normalized spacial score (nSPS) is 12.1. The quantitative estimate of drug-likeness (QED) is 0.758. The van der Waals surface area contributed by atoms with E-state index in [0.717, 1.165) is 24.3 Å². The number of hydrogen-bond acceptors (Lipinski definition) is 3. The van der Waals surface area contributed by atoms with Crippen molar-refractivity contribution in [3.8, 4) is 11.5 Å². The molecule has 1 rings (SSSR count). The second kappa shape index (κ2) is 9.34. The third kappa shape index (κ3) is 6.37. The smallest absolute Gasteiger partial charge is 0.224 e. The van der Waals surface area contributed by atoms with Gasteiger partial charge in [-0.15, -0.1) is 0 Å². The summed E-state index contributed by atoms with van der Waals surface area (Å²) in [6.45, 7) is 6.51. The van der Waals surface area contributed by atoms with Crippen LogP contribution in [0.1, 0.15) is 45.6 Å². The van der Waals surface area contributed by atoms with Crippen molar-refractivity contribution in [2.24, 2.45) is 5.92 Å². The fourth-order valence-corrected chi connectivity index (χ4v) is 2.41. The van der Waals surface area contributed by atoms with E-state index in [2.05, 4.69) is 26.1 Å². The lowest BCUT2D eigenvalue weighted by Crippen LogP contribution is -2.33. The summed E-state index contributed by atoms with van der Waals surface area (Å²) in [6, 6.07) is 5.78. The van der Waals surface area contributed by atoms with Crippen LogP contribution in [0.5, 0.6) is 11.5 Å². The van der Waals surface area contributed by atoms with E-state index in [1.807, 2.05) is 18.2 Å². The van der Waals surface area contributed by atoms with E-state index < -0.39 is 0 Å². The van der Waals surface area contributed by atoms with Gasteiger partial charge in [-0.3, -0.25) is 4.79 Å². The molecular formula is C18H29NO3. The number of hydrogen-bond donors (Lipinski definition) is 1. The van der Waals surface area contributed by atoms with E-state index in [-0.39, 0.29) is 11.9 Å². The van der Waals surface area contributed by atoms with Gasteiger partial charge in [0.25, 0.3) is 0 Å². The van der Waals surface area contributed by atoms with Gasteiger partial charge in [0, 0.05) is 6.04 Å². The minimum atomic E-state index is 0.0456. The number of methoxy groups -OCH3 is 2. The highest BCUT2D eigenvalue weighted by Gasteiger charge is 2.11. The average Bonchev–Trinajstić information content (AvgIpc) is 2.46. The van der Waals surface area contributed by atoms with E-state index >= 15 is 0 Å². The summed E-state index contributed by atoms with van der Waals surface area (Å²) >= 11 is 0. The van der Waals surface area contributed by atoms with Crippen molar-refractivity contribution >= 4 is 5.91 Å². The maximum absolute atomic E-state index is 12.1. The summed E-state index contributed by atoms with van der Waals surface area (Å²) in [5.74, 6) is 2.09. The van der Waals surface area contributed by atoms with Crippen LogP contribution in [0.4, 0.5) is 0 Å². The summed E-state index contributed by atoms with van der Waals surface area (Å²) < 4.78 is 10.5. The van der Waals surface area contributed by atoms with E-state index in [1.54, 1.807) is 14.2 Å². The van der Waals surface area contributed by atoms with Gasteiger partial charge in [0.15, 0.2) is 11.5 Å². The van der Waals surface area contributed by atoms with Crippen molar-refractivity contribution in [1.82, 2.24) is 5.32 Å². The molecule has 4 heteroatoms. The van der Waals surface area contributed by atoms with Crippen molar-refractivity contribution < 1.29 is 14.3 Å². The Kier molecular flexibility index (Phi) is 7.78. The van der Waals surface area contributed by atoms with Crippen LogP contribution in [-0.2, 0) is 11.2 Å². The van der Waals surface area contributed by atoms with Crippen LogP contribution in [0, 0.1) is 5.92 Å². The molecule has 0 heterocycles. The second-order valence-corrected chi connectivity index (χ2v) is 6.16. The highest BCUT2D eigenvalue weighted by Crippen LogP contribution is 2.27. The van der Waals surface area contributed by atoms with E-state index in [9.17, 15) is 4.79 Å². The standard InChI is InChI=1S/C18H29NO3/c1-13(2)7-6-8-14(3)19-18(20)12-15-9-10-16(21-4)17(11-15)22-5/h9-11,13-14H,6-8,12H2,1-5H3,(H,19,20)/t14-/m1/s1. The topological polar surface area (TPSA) is 47.6 Å². The number of carbonyl (C=O) groups excluding carboxylic acids is 1. The minimum Gasteiger partial charge on any atom is -0.493 e. The molecular weight excluding hydrogens is 278 g/mol. The SMILES string of the molecule is COc1ccc(CC(=O)N[C@H](C)CCCC(C)C)cc1OC. The number of carbonyl (C=O) groups is 1. The summed E-state index contributed by atoms with van der Waals surface area (Å²) in [7, 11) is 3.20. The molecule has 22 heavy (non-hydrogen) atoms. The molecule has 124 valence electrons. The molecule has 0 radical (unpaired) electrons. The first-order chi connectivity index (χ1) is 10.5. The first-order valence-electron chi connectivity index (χ1n) is 7.96. The summed E-state index contributed by atoms with van der Waals surface area (Å²) in [4.78, 5) is 12.1. The van der Waals surface area contributed by atoms with E-state index in [0.29, 0.717) is 17.9 Å². The van der Waals surface area contributed by atoms with Crippen LogP contribution >= 0.6 is 0 Å². The lowest BCUT2D eigenvalue weighted by molar-refractivity contribution is -0.121. The van der Waals surface area contributed by atoms with Crippen LogP contribution in [0.15, 0.2) is 18.2 Å². The highest BCUT2D eigenvalue weighted by atomic mass is 16.5. The number of benzene rings is 1. The van der Waals surface area contributed by atoms with E-state index in [1.165, 1.54) is 6.42 Å². The zero-order chi connectivity index (χ0) is 16.5. The number of nitrogens with one attached hydrogen (secondary N) is 1. The minimum absolute atomic E-state index is 0.0456. The maximum Gasteiger partial charge on any atom is 0.224 e. The van der Waals surface area contributed by atoms with Gasteiger partial charge in [-0.05, 0) is 37.0 Å². The number of ether oxygens (including phenoxy) is 2. The van der Waals surface area contributed by atoms with Crippen molar-refractivity contribution in [3.63, 3.8) is 0 Å². The molecule has 0 saturated heterocycles. The van der Waals surface area contributed by atoms with Crippen LogP contribution in [0.3, 0.4) is 0 Å². The summed E-state index contributed by atoms with van der Waals surface area (Å²) in [6.07, 6.45) is 3.73. The Morgan fingerprint density at radius 2 is 1.77 bits per heavy atom. The fraction of sp³-hybridized carbons (Fsp3) is 0.611. The molecule has 1 amide bonds. The first-order valence-corrected chi connectivity index (χ1v) is 7.96. The Labute approximate surface area is 134 Å². The summed E-state index contributed by atoms with van der Waals surface area (Å²) in [5.41, 5.74) is 0.921. The van der Waals surface area contributed by atoms with Crippen molar-refractivity contribution in [2.75, 3.05) is 14.2 Å². The Balaban J connectivity index is 2.47. The Morgan fingerprint density at radius 1 is 1.09 bits per heavy atom. The summed E-state index contributed by atoms with van der Waals surface area (Å²) in [5, 5.41) is 3.06. The zero-order valence-electron chi connectivity index (χ0n) is 14.4. The molecule has 0 fully saturated rings. The molecule has 4 nitrogen and oxygen atoms in total. The van der Waals surface area contributed by atoms with Gasteiger partial charge < -0.3 is 14.8 Å². The van der Waals surface area contributed by atoms with Crippen LogP contribution in [0.25, 0.3) is 0 Å². The largest absolute Gasteiger partial charge is 0.493 e. The van der Waals surface area contributed by atoms with Crippen LogP contribution in [0.2, 0.25) is 0 Å². The van der Waals surface area contributed by atoms with Gasteiger partial charge in [0.1, 0.15) is 0 Å². The lowest BCUT2D eigenvalue weighted by atomic mass is 10.0. The van der Waals surface area contributed by atoms with Gasteiger partial charge in [-0.2, -0.15) is 0 Å². The monoisotopic (exact) mass is 307 g/mol. The molecule has 0 spiro atoms. The van der Waals surface area contributed by atoms with Crippen molar-refractivity contribution in [1.29, 1.82) is 0 Å². The molecule has 0 bridgehead atoms. The molecule has 0 aliphatic heterocycles. The molecule has 0 aliphatic carbocycles. The molecule has 0 aromatic heterocycles. The molecule has 1 N–H and O–H groups in total. The molecule has 1 aromatic rings. The molecule has 1 aromatic carbocycles. The van der Waals surface area contributed by atoms with E-state index in [4.69, 9.17) is 9.47 Å². The predicted octanol–water partition coefficient (Wildman–Crippen LogP) is 3.58. The Bertz CT molecular complexity index is 471. The zero-order valence-corrected chi connectivity index (χ0v) is 14.4. The fourth-order valence-electron chi connectivity index (χ4n) is 2.41. The maximum atomic E-state index is 12.1. The van der Waals surface area contributed by atoms with Crippen LogP contribution < -0.4 is 14.8 Å². The Hall–Kier alpha value is -1.71. The predicted molar refractivity (Wildman–Crippen MR) is 89.5 cm³/mol. The van der Waals surface area contributed by atoms with Crippen molar-refractivity contribution in [3.05, 3.63) is 23.8 Å². The molecule has 1 atom stereocenters. The Morgan fingerprint density at radius 3 is 2.36 bits per heavy atom. The molecule has 0 saturated carbocycles. The average molecular weight is 307 g/mol. The number of rotatable bonds is 9. The third-order valence-corrected chi connectivity index (χ3v) is 3.64. The van der Waals surface area contributed by atoms with Gasteiger partial charge >= 0.3 is 0 Å².